The number of hydrogen-bond donors (Lipinski definition) is 4. The van der Waals surface area contributed by atoms with Gasteiger partial charge in [0.1, 0.15) is 12.2 Å². The molecule has 3 atom stereocenters. The van der Waals surface area contributed by atoms with E-state index < -0.39 is 30.9 Å². The molecule has 5 nitrogen and oxygen atoms in total. The van der Waals surface area contributed by atoms with Crippen molar-refractivity contribution in [2.45, 2.75) is 18.3 Å². The van der Waals surface area contributed by atoms with Crippen LogP contribution in [0.15, 0.2) is 12.0 Å². The second-order valence-electron chi connectivity index (χ2n) is 2.32. The Labute approximate surface area is 63.2 Å². The molecule has 0 aromatic carbocycles. The Morgan fingerprint density at radius 3 is 2.64 bits per heavy atom. The molecule has 0 spiro atoms. The maximum atomic E-state index is 9.06. The molecule has 0 saturated heterocycles. The van der Waals surface area contributed by atoms with E-state index in [9.17, 15) is 0 Å². The highest BCUT2D eigenvalue weighted by Crippen LogP contribution is 2.15. The molecule has 0 bridgehead atoms. The fraction of sp³-hybridized carbons (Fsp3) is 0.667. The second kappa shape index (κ2) is 3.08. The molecule has 1 unspecified atom stereocenters. The highest BCUT2D eigenvalue weighted by Gasteiger charge is 2.31. The predicted octanol–water partition coefficient (Wildman–Crippen LogP) is -1.50. The average Bonchev–Trinajstić information content (AvgIpc) is 1.96. The first kappa shape index (κ1) is 8.32. The van der Waals surface area contributed by atoms with E-state index in [2.05, 4.69) is 4.74 Å². The van der Waals surface area contributed by atoms with Gasteiger partial charge in [-0.25, -0.2) is 0 Å². The van der Waals surface area contributed by atoms with Crippen LogP contribution in [0.5, 0.6) is 0 Å². The molecule has 1 aliphatic heterocycles. The molecular weight excluding hydrogens is 152 g/mol. The molecule has 0 aliphatic carbocycles. The monoisotopic (exact) mass is 162 g/mol. The highest BCUT2D eigenvalue weighted by atomic mass is 16.6. The Bertz CT molecular complexity index is 166. The van der Waals surface area contributed by atoms with Crippen molar-refractivity contribution in [3.63, 3.8) is 0 Å². The van der Waals surface area contributed by atoms with Crippen LogP contribution < -0.4 is 0 Å². The number of ether oxygens (including phenoxy) is 1. The van der Waals surface area contributed by atoms with Gasteiger partial charge in [-0.05, 0) is 0 Å². The van der Waals surface area contributed by atoms with Crippen molar-refractivity contribution in [2.75, 3.05) is 6.61 Å². The van der Waals surface area contributed by atoms with E-state index in [1.165, 1.54) is 0 Å². The molecular formula is C6H10O5. The molecule has 0 saturated carbocycles. The first-order valence-electron chi connectivity index (χ1n) is 3.19. The Balaban J connectivity index is 2.67. The summed E-state index contributed by atoms with van der Waals surface area (Å²) in [6, 6.07) is 0. The molecule has 64 valence electrons. The Morgan fingerprint density at radius 2 is 2.09 bits per heavy atom. The molecule has 0 aromatic heterocycles. The zero-order valence-corrected chi connectivity index (χ0v) is 5.71. The van der Waals surface area contributed by atoms with E-state index in [1.54, 1.807) is 0 Å². The van der Waals surface area contributed by atoms with E-state index in [4.69, 9.17) is 20.4 Å². The van der Waals surface area contributed by atoms with Gasteiger partial charge in [0.05, 0.1) is 6.61 Å². The minimum absolute atomic E-state index is 0.448. The number of aliphatic hydroxyl groups is 4. The van der Waals surface area contributed by atoms with E-state index in [1.807, 2.05) is 0 Å². The molecule has 4 N–H and O–H groups in total. The Hall–Kier alpha value is -0.780. The molecule has 1 rings (SSSR count). The summed E-state index contributed by atoms with van der Waals surface area (Å²) < 4.78 is 4.57. The summed E-state index contributed by atoms with van der Waals surface area (Å²) in [6.07, 6.45) is -2.34. The third kappa shape index (κ3) is 1.62. The van der Waals surface area contributed by atoms with Gasteiger partial charge in [0.15, 0.2) is 6.10 Å². The zero-order valence-electron chi connectivity index (χ0n) is 5.71. The van der Waals surface area contributed by atoms with Crippen molar-refractivity contribution in [3.05, 3.63) is 12.0 Å². The van der Waals surface area contributed by atoms with Crippen LogP contribution in [0.1, 0.15) is 0 Å². The van der Waals surface area contributed by atoms with E-state index in [0.717, 1.165) is 6.08 Å². The SMILES string of the molecule is OC[C@H]1OC(O)=CC(O)[C@@H]1O. The molecule has 11 heavy (non-hydrogen) atoms. The van der Waals surface area contributed by atoms with Crippen LogP contribution in [0.25, 0.3) is 0 Å². The van der Waals surface area contributed by atoms with Crippen molar-refractivity contribution in [1.82, 2.24) is 0 Å². The van der Waals surface area contributed by atoms with Crippen LogP contribution in [-0.4, -0.2) is 45.3 Å². The lowest BCUT2D eigenvalue weighted by atomic mass is 10.1. The van der Waals surface area contributed by atoms with Crippen LogP contribution in [0.4, 0.5) is 0 Å². The second-order valence-corrected chi connectivity index (χ2v) is 2.32. The smallest absolute Gasteiger partial charge is 0.275 e. The summed E-state index contributed by atoms with van der Waals surface area (Å²) in [5.41, 5.74) is 0. The average molecular weight is 162 g/mol. The largest absolute Gasteiger partial charge is 0.481 e. The Morgan fingerprint density at radius 1 is 1.45 bits per heavy atom. The first-order chi connectivity index (χ1) is 5.15. The molecule has 0 fully saturated rings. The van der Waals surface area contributed by atoms with Crippen molar-refractivity contribution in [1.29, 1.82) is 0 Å². The van der Waals surface area contributed by atoms with Gasteiger partial charge in [-0.2, -0.15) is 0 Å². The maximum absolute atomic E-state index is 9.06. The van der Waals surface area contributed by atoms with E-state index >= 15 is 0 Å². The minimum Gasteiger partial charge on any atom is -0.481 e. The van der Waals surface area contributed by atoms with Crippen LogP contribution in [0.3, 0.4) is 0 Å². The summed E-state index contributed by atoms with van der Waals surface area (Å²) in [6.45, 7) is -0.448. The zero-order chi connectivity index (χ0) is 8.43. The fourth-order valence-electron chi connectivity index (χ4n) is 0.874. The molecule has 0 amide bonds. The third-order valence-electron chi connectivity index (χ3n) is 1.50. The van der Waals surface area contributed by atoms with Crippen LogP contribution in [0.2, 0.25) is 0 Å². The standard InChI is InChI=1S/C6H10O5/c7-2-4-6(10)3(8)1-5(9)11-4/h1,3-4,6-10H,2H2/t3?,4-,6+/m1/s1. The summed E-state index contributed by atoms with van der Waals surface area (Å²) in [7, 11) is 0. The quantitative estimate of drug-likeness (QED) is 0.376. The minimum atomic E-state index is -1.18. The van der Waals surface area contributed by atoms with Crippen molar-refractivity contribution >= 4 is 0 Å². The maximum Gasteiger partial charge on any atom is 0.275 e. The summed E-state index contributed by atoms with van der Waals surface area (Å²) in [5.74, 6) is -0.471. The fourth-order valence-corrected chi connectivity index (χ4v) is 0.874. The Kier molecular flexibility index (Phi) is 2.33. The summed E-state index contributed by atoms with van der Waals surface area (Å²) in [5, 5.41) is 35.4. The van der Waals surface area contributed by atoms with Gasteiger partial charge < -0.3 is 25.2 Å². The van der Waals surface area contributed by atoms with Crippen LogP contribution in [0, 0.1) is 0 Å². The topological polar surface area (TPSA) is 90.2 Å². The van der Waals surface area contributed by atoms with Gasteiger partial charge >= 0.3 is 0 Å². The van der Waals surface area contributed by atoms with Gasteiger partial charge in [-0.15, -0.1) is 0 Å². The highest BCUT2D eigenvalue weighted by molar-refractivity contribution is 5.00. The lowest BCUT2D eigenvalue weighted by Gasteiger charge is -2.28. The molecule has 0 radical (unpaired) electrons. The number of aliphatic hydroxyl groups excluding tert-OH is 4. The molecule has 5 heteroatoms. The van der Waals surface area contributed by atoms with Gasteiger partial charge in [-0.3, -0.25) is 0 Å². The van der Waals surface area contributed by atoms with Crippen molar-refractivity contribution in [2.24, 2.45) is 0 Å². The lowest BCUT2D eigenvalue weighted by molar-refractivity contribution is -0.117. The lowest BCUT2D eigenvalue weighted by Crippen LogP contribution is -2.43. The number of hydrogen-bond acceptors (Lipinski definition) is 5. The van der Waals surface area contributed by atoms with Gasteiger partial charge in [0.25, 0.3) is 5.95 Å². The first-order valence-corrected chi connectivity index (χ1v) is 3.19. The van der Waals surface area contributed by atoms with E-state index in [0.29, 0.717) is 0 Å². The molecule has 0 aromatic rings. The number of rotatable bonds is 1. The van der Waals surface area contributed by atoms with Crippen LogP contribution >= 0.6 is 0 Å². The summed E-state index contributed by atoms with van der Waals surface area (Å²) >= 11 is 0. The van der Waals surface area contributed by atoms with Crippen LogP contribution in [-0.2, 0) is 4.74 Å². The molecule has 1 heterocycles. The van der Waals surface area contributed by atoms with Crippen molar-refractivity contribution < 1.29 is 25.2 Å². The van der Waals surface area contributed by atoms with Crippen molar-refractivity contribution in [3.8, 4) is 0 Å². The molecule has 1 aliphatic rings. The predicted molar refractivity (Wildman–Crippen MR) is 34.7 cm³/mol. The van der Waals surface area contributed by atoms with Gasteiger partial charge in [0, 0.05) is 6.08 Å². The van der Waals surface area contributed by atoms with Gasteiger partial charge in [-0.1, -0.05) is 0 Å². The summed E-state index contributed by atoms with van der Waals surface area (Å²) in [4.78, 5) is 0. The normalized spacial score (nSPS) is 37.7. The van der Waals surface area contributed by atoms with E-state index in [-0.39, 0.29) is 0 Å². The third-order valence-corrected chi connectivity index (χ3v) is 1.50. The van der Waals surface area contributed by atoms with Gasteiger partial charge in [0.2, 0.25) is 0 Å².